The smallest absolute Gasteiger partial charge is 0.160 e. The number of hydrogen-bond donors (Lipinski definition) is 0. The minimum Gasteiger partial charge on any atom is -0.456 e. The van der Waals surface area contributed by atoms with Crippen molar-refractivity contribution in [1.82, 2.24) is 4.57 Å². The van der Waals surface area contributed by atoms with Crippen LogP contribution in [-0.4, -0.2) is 4.57 Å². The lowest BCUT2D eigenvalue weighted by Gasteiger charge is -2.17. The van der Waals surface area contributed by atoms with Gasteiger partial charge in [0.2, 0.25) is 0 Å². The van der Waals surface area contributed by atoms with Gasteiger partial charge in [0.05, 0.1) is 16.7 Å². The van der Waals surface area contributed by atoms with Gasteiger partial charge in [0.25, 0.3) is 0 Å². The number of nitrogens with zero attached hydrogens (tertiary/aromatic N) is 1. The molecule has 0 radical (unpaired) electrons. The quantitative estimate of drug-likeness (QED) is 0.230. The fourth-order valence-corrected chi connectivity index (χ4v) is 6.55. The van der Waals surface area contributed by atoms with Gasteiger partial charge < -0.3 is 13.4 Å². The summed E-state index contributed by atoms with van der Waals surface area (Å²) in [5.41, 5.74) is 10.6. The SMILES string of the molecule is Cc1cccc(-c2ccc3oc4ccccc4c3c2)c1-n1c2ccccc2c2ccc3c4ccccc4oc3c21. The molecule has 40 heavy (non-hydrogen) atoms. The van der Waals surface area contributed by atoms with Crippen LogP contribution >= 0.6 is 0 Å². The molecule has 3 heterocycles. The molecule has 3 heteroatoms. The molecule has 3 aromatic heterocycles. The average molecular weight is 514 g/mol. The molecule has 0 amide bonds. The van der Waals surface area contributed by atoms with Crippen molar-refractivity contribution in [1.29, 1.82) is 0 Å². The van der Waals surface area contributed by atoms with Crippen LogP contribution < -0.4 is 0 Å². The molecule has 9 aromatic rings. The molecule has 6 aromatic carbocycles. The van der Waals surface area contributed by atoms with Crippen LogP contribution in [0.5, 0.6) is 0 Å². The van der Waals surface area contributed by atoms with E-state index in [2.05, 4.69) is 115 Å². The highest BCUT2D eigenvalue weighted by atomic mass is 16.3. The number of para-hydroxylation sites is 4. The van der Waals surface area contributed by atoms with E-state index in [9.17, 15) is 0 Å². The molecule has 9 rings (SSSR count). The summed E-state index contributed by atoms with van der Waals surface area (Å²) in [6.07, 6.45) is 0. The Morgan fingerprint density at radius 1 is 0.500 bits per heavy atom. The predicted molar refractivity (Wildman–Crippen MR) is 166 cm³/mol. The largest absolute Gasteiger partial charge is 0.456 e. The van der Waals surface area contributed by atoms with Crippen LogP contribution in [-0.2, 0) is 0 Å². The maximum absolute atomic E-state index is 6.61. The van der Waals surface area contributed by atoms with Gasteiger partial charge in [-0.1, -0.05) is 84.9 Å². The second-order valence-electron chi connectivity index (χ2n) is 10.6. The van der Waals surface area contributed by atoms with E-state index in [0.717, 1.165) is 66.2 Å². The number of hydrogen-bond acceptors (Lipinski definition) is 2. The first-order valence-corrected chi connectivity index (χ1v) is 13.6. The van der Waals surface area contributed by atoms with E-state index in [1.54, 1.807) is 0 Å². The molecule has 0 saturated carbocycles. The van der Waals surface area contributed by atoms with Crippen LogP contribution in [0, 0.1) is 6.92 Å². The molecular weight excluding hydrogens is 490 g/mol. The molecule has 0 saturated heterocycles. The third-order valence-corrected chi connectivity index (χ3v) is 8.33. The van der Waals surface area contributed by atoms with Crippen molar-refractivity contribution in [3.8, 4) is 16.8 Å². The Balaban J connectivity index is 1.43. The maximum Gasteiger partial charge on any atom is 0.160 e. The topological polar surface area (TPSA) is 31.2 Å². The van der Waals surface area contributed by atoms with Crippen LogP contribution in [0.2, 0.25) is 0 Å². The molecule has 0 bridgehead atoms. The Morgan fingerprint density at radius 2 is 1.18 bits per heavy atom. The van der Waals surface area contributed by atoms with E-state index in [4.69, 9.17) is 8.83 Å². The summed E-state index contributed by atoms with van der Waals surface area (Å²) >= 11 is 0. The van der Waals surface area contributed by atoms with E-state index in [0.29, 0.717) is 0 Å². The molecule has 0 N–H and O–H groups in total. The fraction of sp³-hybridized carbons (Fsp3) is 0.0270. The van der Waals surface area contributed by atoms with Crippen molar-refractivity contribution < 1.29 is 8.83 Å². The van der Waals surface area contributed by atoms with Crippen molar-refractivity contribution in [3.05, 3.63) is 127 Å². The summed E-state index contributed by atoms with van der Waals surface area (Å²) in [5, 5.41) is 6.93. The highest BCUT2D eigenvalue weighted by Crippen LogP contribution is 2.43. The fourth-order valence-electron chi connectivity index (χ4n) is 6.55. The maximum atomic E-state index is 6.61. The first-order valence-electron chi connectivity index (χ1n) is 13.6. The van der Waals surface area contributed by atoms with Gasteiger partial charge in [-0.3, -0.25) is 0 Å². The molecule has 0 atom stereocenters. The van der Waals surface area contributed by atoms with Crippen molar-refractivity contribution in [2.24, 2.45) is 0 Å². The van der Waals surface area contributed by atoms with Gasteiger partial charge in [-0.05, 0) is 54.4 Å². The highest BCUT2D eigenvalue weighted by Gasteiger charge is 2.22. The number of aromatic nitrogens is 1. The van der Waals surface area contributed by atoms with Crippen LogP contribution in [0.3, 0.4) is 0 Å². The Hall–Kier alpha value is -5.28. The molecule has 188 valence electrons. The number of furan rings is 2. The zero-order chi connectivity index (χ0) is 26.4. The summed E-state index contributed by atoms with van der Waals surface area (Å²) < 4.78 is 15.2. The summed E-state index contributed by atoms with van der Waals surface area (Å²) in [4.78, 5) is 0. The molecule has 0 fully saturated rings. The zero-order valence-corrected chi connectivity index (χ0v) is 21.8. The van der Waals surface area contributed by atoms with Gasteiger partial charge >= 0.3 is 0 Å². The third-order valence-electron chi connectivity index (χ3n) is 8.33. The second-order valence-corrected chi connectivity index (χ2v) is 10.6. The minimum atomic E-state index is 0.903. The van der Waals surface area contributed by atoms with Gasteiger partial charge in [0.1, 0.15) is 16.7 Å². The number of benzene rings is 6. The highest BCUT2D eigenvalue weighted by molar-refractivity contribution is 6.21. The van der Waals surface area contributed by atoms with Gasteiger partial charge in [0.15, 0.2) is 5.58 Å². The Bertz CT molecular complexity index is 2450. The Labute approximate surface area is 229 Å². The van der Waals surface area contributed by atoms with E-state index in [1.165, 1.54) is 21.9 Å². The second kappa shape index (κ2) is 7.87. The monoisotopic (exact) mass is 513 g/mol. The lowest BCUT2D eigenvalue weighted by atomic mass is 9.98. The van der Waals surface area contributed by atoms with E-state index in [-0.39, 0.29) is 0 Å². The molecule has 0 aliphatic rings. The van der Waals surface area contributed by atoms with E-state index < -0.39 is 0 Å². The lowest BCUT2D eigenvalue weighted by Crippen LogP contribution is -2.00. The van der Waals surface area contributed by atoms with Crippen LogP contribution in [0.15, 0.2) is 130 Å². The summed E-state index contributed by atoms with van der Waals surface area (Å²) in [7, 11) is 0. The molecule has 0 aliphatic carbocycles. The van der Waals surface area contributed by atoms with Crippen molar-refractivity contribution in [3.63, 3.8) is 0 Å². The van der Waals surface area contributed by atoms with Crippen molar-refractivity contribution >= 4 is 65.7 Å². The average Bonchev–Trinajstić information content (AvgIpc) is 3.66. The number of fused-ring (bicyclic) bond motifs is 10. The summed E-state index contributed by atoms with van der Waals surface area (Å²) in [6.45, 7) is 2.20. The van der Waals surface area contributed by atoms with Crippen molar-refractivity contribution in [2.75, 3.05) is 0 Å². The molecular formula is C37H23NO2. The third kappa shape index (κ3) is 2.84. The minimum absolute atomic E-state index is 0.903. The Morgan fingerprint density at radius 3 is 2.02 bits per heavy atom. The van der Waals surface area contributed by atoms with Gasteiger partial charge in [-0.2, -0.15) is 0 Å². The molecule has 3 nitrogen and oxygen atoms in total. The van der Waals surface area contributed by atoms with Crippen LogP contribution in [0.1, 0.15) is 5.56 Å². The Kier molecular flexibility index (Phi) is 4.26. The van der Waals surface area contributed by atoms with Crippen LogP contribution in [0.4, 0.5) is 0 Å². The molecule has 0 spiro atoms. The molecule has 0 unspecified atom stereocenters. The standard InChI is InChI=1S/C37H23NO2/c1-22-9-8-13-24(23-17-20-34-30(21-23)27-12-4-6-15-32(27)39-34)35(22)38-31-14-5-2-10-25(31)28-18-19-29-26-11-3-7-16-33(26)40-37(29)36(28)38/h2-21H,1H3. The number of rotatable bonds is 2. The first-order chi connectivity index (χ1) is 19.8. The normalized spacial score (nSPS) is 12.1. The zero-order valence-electron chi connectivity index (χ0n) is 21.8. The summed E-state index contributed by atoms with van der Waals surface area (Å²) in [5.74, 6) is 0. The van der Waals surface area contributed by atoms with Gasteiger partial charge in [-0.25, -0.2) is 0 Å². The van der Waals surface area contributed by atoms with E-state index >= 15 is 0 Å². The van der Waals surface area contributed by atoms with Gasteiger partial charge in [0, 0.05) is 37.9 Å². The van der Waals surface area contributed by atoms with Crippen molar-refractivity contribution in [2.45, 2.75) is 6.92 Å². The lowest BCUT2D eigenvalue weighted by molar-refractivity contribution is 0.669. The van der Waals surface area contributed by atoms with Gasteiger partial charge in [-0.15, -0.1) is 0 Å². The predicted octanol–water partition coefficient (Wildman–Crippen LogP) is 10.6. The van der Waals surface area contributed by atoms with E-state index in [1.807, 2.05) is 18.2 Å². The summed E-state index contributed by atoms with van der Waals surface area (Å²) in [6, 6.07) is 42.8. The van der Waals surface area contributed by atoms with Crippen LogP contribution in [0.25, 0.3) is 82.5 Å². The first kappa shape index (κ1) is 21.6. The molecule has 0 aliphatic heterocycles. The number of aryl methyl sites for hydroxylation is 1.